The topological polar surface area (TPSA) is 90.2 Å². The molecule has 1 fully saturated rings. The van der Waals surface area contributed by atoms with Gasteiger partial charge in [0.1, 0.15) is 6.10 Å². The van der Waals surface area contributed by atoms with Gasteiger partial charge in [0.05, 0.1) is 18.8 Å². The second kappa shape index (κ2) is 3.27. The molecular weight excluding hydrogens is 164 g/mol. The summed E-state index contributed by atoms with van der Waals surface area (Å²) in [5.74, 6) is -1.71. The first-order chi connectivity index (χ1) is 5.48. The normalized spacial score (nSPS) is 49.2. The van der Waals surface area contributed by atoms with E-state index >= 15 is 0 Å². The highest BCUT2D eigenvalue weighted by molar-refractivity contribution is 4.86. The lowest BCUT2D eigenvalue weighted by Crippen LogP contribution is -2.55. The van der Waals surface area contributed by atoms with Gasteiger partial charge in [0, 0.05) is 6.42 Å². The minimum absolute atomic E-state index is 0.172. The van der Waals surface area contributed by atoms with E-state index in [1.165, 1.54) is 6.92 Å². The van der Waals surface area contributed by atoms with Crippen LogP contribution in [0.1, 0.15) is 13.3 Å². The predicted octanol–water partition coefficient (Wildman–Crippen LogP) is -1.80. The molecule has 12 heavy (non-hydrogen) atoms. The van der Waals surface area contributed by atoms with Crippen molar-refractivity contribution >= 4 is 0 Å². The predicted molar refractivity (Wildman–Crippen MR) is 39.2 cm³/mol. The Kier molecular flexibility index (Phi) is 2.70. The molecule has 4 atom stereocenters. The summed E-state index contributed by atoms with van der Waals surface area (Å²) in [7, 11) is 0. The molecule has 1 heterocycles. The Morgan fingerprint density at radius 3 is 2.50 bits per heavy atom. The van der Waals surface area contributed by atoms with E-state index in [4.69, 9.17) is 9.84 Å². The number of hydrogen-bond donors (Lipinski definition) is 4. The molecule has 0 amide bonds. The lowest BCUT2D eigenvalue weighted by atomic mass is 9.97. The summed E-state index contributed by atoms with van der Waals surface area (Å²) in [6, 6.07) is 0. The van der Waals surface area contributed by atoms with Gasteiger partial charge in [-0.15, -0.1) is 0 Å². The maximum Gasteiger partial charge on any atom is 0.192 e. The molecule has 0 aromatic heterocycles. The SMILES string of the molecule is CC1O[C@@](O)(CO)CC(O)[C@@H]1O. The maximum atomic E-state index is 9.40. The molecule has 5 heteroatoms. The fraction of sp³-hybridized carbons (Fsp3) is 1.00. The van der Waals surface area contributed by atoms with Crippen molar-refractivity contribution in [2.24, 2.45) is 0 Å². The molecule has 0 bridgehead atoms. The van der Waals surface area contributed by atoms with Crippen LogP contribution in [0.4, 0.5) is 0 Å². The standard InChI is InChI=1S/C7H14O5/c1-4-6(10)5(9)2-7(11,3-8)12-4/h4-6,8-11H,2-3H2,1H3/t4?,5?,6-,7-/m1/s1. The van der Waals surface area contributed by atoms with Crippen LogP contribution in [0.5, 0.6) is 0 Å². The van der Waals surface area contributed by atoms with Gasteiger partial charge < -0.3 is 25.2 Å². The largest absolute Gasteiger partial charge is 0.391 e. The third-order valence-electron chi connectivity index (χ3n) is 2.06. The van der Waals surface area contributed by atoms with Crippen molar-refractivity contribution in [1.82, 2.24) is 0 Å². The van der Waals surface area contributed by atoms with Crippen LogP contribution in [-0.2, 0) is 4.74 Å². The fourth-order valence-corrected chi connectivity index (χ4v) is 1.33. The summed E-state index contributed by atoms with van der Waals surface area (Å²) in [5, 5.41) is 36.5. The monoisotopic (exact) mass is 178 g/mol. The van der Waals surface area contributed by atoms with Gasteiger partial charge in [0.2, 0.25) is 0 Å². The summed E-state index contributed by atoms with van der Waals surface area (Å²) >= 11 is 0. The van der Waals surface area contributed by atoms with Gasteiger partial charge in [-0.05, 0) is 6.92 Å². The smallest absolute Gasteiger partial charge is 0.192 e. The average molecular weight is 178 g/mol. The molecule has 0 saturated carbocycles. The summed E-state index contributed by atoms with van der Waals surface area (Å²) in [4.78, 5) is 0. The van der Waals surface area contributed by atoms with E-state index < -0.39 is 30.7 Å². The molecule has 0 spiro atoms. The van der Waals surface area contributed by atoms with Crippen LogP contribution in [0.25, 0.3) is 0 Å². The van der Waals surface area contributed by atoms with Crippen molar-refractivity contribution < 1.29 is 25.2 Å². The van der Waals surface area contributed by atoms with Crippen molar-refractivity contribution in [2.75, 3.05) is 6.61 Å². The third kappa shape index (κ3) is 1.75. The molecule has 2 unspecified atom stereocenters. The zero-order valence-corrected chi connectivity index (χ0v) is 6.84. The molecule has 0 aliphatic carbocycles. The Hall–Kier alpha value is -0.200. The van der Waals surface area contributed by atoms with Crippen LogP contribution < -0.4 is 0 Å². The summed E-state index contributed by atoms with van der Waals surface area (Å²) in [6.45, 7) is 0.939. The minimum atomic E-state index is -1.71. The average Bonchev–Trinajstić information content (AvgIpc) is 2.00. The second-order valence-electron chi connectivity index (χ2n) is 3.19. The zero-order valence-electron chi connectivity index (χ0n) is 6.84. The van der Waals surface area contributed by atoms with Crippen LogP contribution in [0.3, 0.4) is 0 Å². The number of rotatable bonds is 1. The number of aliphatic hydroxyl groups excluding tert-OH is 3. The van der Waals surface area contributed by atoms with Crippen molar-refractivity contribution in [2.45, 2.75) is 37.4 Å². The highest BCUT2D eigenvalue weighted by Crippen LogP contribution is 2.26. The van der Waals surface area contributed by atoms with Crippen molar-refractivity contribution in [3.63, 3.8) is 0 Å². The van der Waals surface area contributed by atoms with Gasteiger partial charge in [-0.25, -0.2) is 0 Å². The van der Waals surface area contributed by atoms with Crippen LogP contribution in [-0.4, -0.2) is 51.1 Å². The van der Waals surface area contributed by atoms with Crippen molar-refractivity contribution in [1.29, 1.82) is 0 Å². The summed E-state index contributed by atoms with van der Waals surface area (Å²) in [5.41, 5.74) is 0. The van der Waals surface area contributed by atoms with Gasteiger partial charge in [-0.2, -0.15) is 0 Å². The molecule has 5 nitrogen and oxygen atoms in total. The Bertz CT molecular complexity index is 148. The first-order valence-electron chi connectivity index (χ1n) is 3.86. The minimum Gasteiger partial charge on any atom is -0.391 e. The van der Waals surface area contributed by atoms with E-state index in [-0.39, 0.29) is 6.42 Å². The number of ether oxygens (including phenoxy) is 1. The molecule has 0 aromatic rings. The van der Waals surface area contributed by atoms with Crippen LogP contribution in [0.2, 0.25) is 0 Å². The van der Waals surface area contributed by atoms with Gasteiger partial charge in [-0.3, -0.25) is 0 Å². The first kappa shape index (κ1) is 9.88. The van der Waals surface area contributed by atoms with Crippen molar-refractivity contribution in [3.8, 4) is 0 Å². The molecule has 1 aliphatic heterocycles. The van der Waals surface area contributed by atoms with E-state index in [0.717, 1.165) is 0 Å². The van der Waals surface area contributed by atoms with Gasteiger partial charge >= 0.3 is 0 Å². The highest BCUT2D eigenvalue weighted by Gasteiger charge is 2.42. The molecular formula is C7H14O5. The summed E-state index contributed by atoms with van der Waals surface area (Å²) in [6.07, 6.45) is -2.90. The van der Waals surface area contributed by atoms with E-state index in [9.17, 15) is 15.3 Å². The fourth-order valence-electron chi connectivity index (χ4n) is 1.33. The van der Waals surface area contributed by atoms with Gasteiger partial charge in [0.25, 0.3) is 0 Å². The Labute approximate surface area is 70.2 Å². The molecule has 4 N–H and O–H groups in total. The van der Waals surface area contributed by atoms with E-state index in [1.54, 1.807) is 0 Å². The Morgan fingerprint density at radius 2 is 2.08 bits per heavy atom. The highest BCUT2D eigenvalue weighted by atomic mass is 16.6. The zero-order chi connectivity index (χ0) is 9.35. The Balaban J connectivity index is 2.65. The summed E-state index contributed by atoms with van der Waals surface area (Å²) < 4.78 is 4.90. The van der Waals surface area contributed by atoms with Gasteiger partial charge in [-0.1, -0.05) is 0 Å². The van der Waals surface area contributed by atoms with Crippen LogP contribution in [0.15, 0.2) is 0 Å². The second-order valence-corrected chi connectivity index (χ2v) is 3.19. The molecule has 1 rings (SSSR count). The maximum absolute atomic E-state index is 9.40. The molecule has 0 radical (unpaired) electrons. The first-order valence-corrected chi connectivity index (χ1v) is 3.86. The Morgan fingerprint density at radius 1 is 1.50 bits per heavy atom. The van der Waals surface area contributed by atoms with Crippen LogP contribution >= 0.6 is 0 Å². The lowest BCUT2D eigenvalue weighted by Gasteiger charge is -2.40. The lowest BCUT2D eigenvalue weighted by molar-refractivity contribution is -0.307. The molecule has 0 aromatic carbocycles. The van der Waals surface area contributed by atoms with E-state index in [2.05, 4.69) is 0 Å². The third-order valence-corrected chi connectivity index (χ3v) is 2.06. The number of aliphatic hydroxyl groups is 4. The number of hydrogen-bond acceptors (Lipinski definition) is 5. The van der Waals surface area contributed by atoms with Gasteiger partial charge in [0.15, 0.2) is 5.79 Å². The quantitative estimate of drug-likeness (QED) is 0.380. The van der Waals surface area contributed by atoms with Crippen molar-refractivity contribution in [3.05, 3.63) is 0 Å². The molecule has 72 valence electrons. The van der Waals surface area contributed by atoms with E-state index in [1.807, 2.05) is 0 Å². The van der Waals surface area contributed by atoms with E-state index in [0.29, 0.717) is 0 Å². The molecule has 1 aliphatic rings. The van der Waals surface area contributed by atoms with Crippen LogP contribution in [0, 0.1) is 0 Å². The molecule has 1 saturated heterocycles.